The van der Waals surface area contributed by atoms with Crippen LogP contribution in [0.4, 0.5) is 0 Å². The third-order valence-electron chi connectivity index (χ3n) is 2.23. The third kappa shape index (κ3) is 2.72. The topological polar surface area (TPSA) is 24.4 Å². The second-order valence-electron chi connectivity index (χ2n) is 3.37. The molecule has 1 atom stereocenters. The molecule has 1 N–H and O–H groups in total. The molecule has 0 aromatic heterocycles. The Morgan fingerprint density at radius 2 is 2.46 bits per heavy atom. The van der Waals surface area contributed by atoms with Crippen molar-refractivity contribution in [1.82, 2.24) is 5.43 Å². The monoisotopic (exact) mass is 178 g/mol. The van der Waals surface area contributed by atoms with Gasteiger partial charge in [0.15, 0.2) is 0 Å². The lowest BCUT2D eigenvalue weighted by molar-refractivity contribution is 0.733. The van der Waals surface area contributed by atoms with E-state index in [4.69, 9.17) is 0 Å². The Kier molecular flexibility index (Phi) is 3.74. The van der Waals surface area contributed by atoms with Crippen LogP contribution >= 0.6 is 0 Å². The van der Waals surface area contributed by atoms with E-state index < -0.39 is 0 Å². The molecule has 0 spiro atoms. The van der Waals surface area contributed by atoms with Gasteiger partial charge in [-0.2, -0.15) is 5.10 Å². The van der Waals surface area contributed by atoms with Gasteiger partial charge in [-0.25, -0.2) is 0 Å². The van der Waals surface area contributed by atoms with Gasteiger partial charge in [-0.1, -0.05) is 32.1 Å². The van der Waals surface area contributed by atoms with Gasteiger partial charge >= 0.3 is 0 Å². The molecular weight excluding hydrogens is 160 g/mol. The number of hydrogen-bond acceptors (Lipinski definition) is 2. The van der Waals surface area contributed by atoms with E-state index in [1.165, 1.54) is 5.57 Å². The molecular formula is C11H18N2. The Morgan fingerprint density at radius 3 is 2.92 bits per heavy atom. The zero-order valence-corrected chi connectivity index (χ0v) is 8.67. The van der Waals surface area contributed by atoms with Crippen LogP contribution in [-0.2, 0) is 0 Å². The molecule has 13 heavy (non-hydrogen) atoms. The molecule has 2 heteroatoms. The Hall–Kier alpha value is -1.05. The Balaban J connectivity index is 2.72. The summed E-state index contributed by atoms with van der Waals surface area (Å²) in [6.45, 7) is 4.35. The fraction of sp³-hybridized carbons (Fsp3) is 0.545. The number of nitrogens with zero attached hydrogens (tertiary/aromatic N) is 1. The van der Waals surface area contributed by atoms with Crippen molar-refractivity contribution in [3.8, 4) is 0 Å². The molecule has 72 valence electrons. The molecule has 0 amide bonds. The maximum atomic E-state index is 4.24. The molecule has 0 aromatic carbocycles. The van der Waals surface area contributed by atoms with Crippen LogP contribution in [0.2, 0.25) is 0 Å². The van der Waals surface area contributed by atoms with Gasteiger partial charge in [0.1, 0.15) is 0 Å². The van der Waals surface area contributed by atoms with Gasteiger partial charge < -0.3 is 5.43 Å². The van der Waals surface area contributed by atoms with Crippen molar-refractivity contribution < 1.29 is 0 Å². The van der Waals surface area contributed by atoms with Crippen molar-refractivity contribution in [3.63, 3.8) is 0 Å². The maximum absolute atomic E-state index is 4.24. The maximum Gasteiger partial charge on any atom is 0.0669 e. The van der Waals surface area contributed by atoms with Crippen LogP contribution in [0.1, 0.15) is 26.7 Å². The van der Waals surface area contributed by atoms with Crippen molar-refractivity contribution in [2.45, 2.75) is 26.7 Å². The van der Waals surface area contributed by atoms with Gasteiger partial charge in [-0.05, 0) is 24.3 Å². The largest absolute Gasteiger partial charge is 0.313 e. The van der Waals surface area contributed by atoms with E-state index in [1.54, 1.807) is 0 Å². The predicted molar refractivity (Wildman–Crippen MR) is 57.8 cm³/mol. The van der Waals surface area contributed by atoms with E-state index in [0.29, 0.717) is 5.92 Å². The average molecular weight is 178 g/mol. The molecule has 0 heterocycles. The normalized spacial score (nSPS) is 22.8. The summed E-state index contributed by atoms with van der Waals surface area (Å²) in [5.74, 6) is 0.677. The summed E-state index contributed by atoms with van der Waals surface area (Å²) in [6, 6.07) is 0. The summed E-state index contributed by atoms with van der Waals surface area (Å²) < 4.78 is 0. The first-order chi connectivity index (χ1) is 6.27. The molecule has 1 aliphatic rings. The molecule has 0 bridgehead atoms. The molecule has 0 radical (unpaired) electrons. The first-order valence-electron chi connectivity index (χ1n) is 4.90. The molecule has 0 aliphatic heterocycles. The highest BCUT2D eigenvalue weighted by atomic mass is 15.3. The van der Waals surface area contributed by atoms with Gasteiger partial charge in [-0.15, -0.1) is 0 Å². The molecule has 0 aromatic rings. The number of hydrogen-bond donors (Lipinski definition) is 1. The van der Waals surface area contributed by atoms with E-state index in [-0.39, 0.29) is 0 Å². The Morgan fingerprint density at radius 1 is 1.69 bits per heavy atom. The van der Waals surface area contributed by atoms with Crippen LogP contribution in [0.15, 0.2) is 28.9 Å². The molecule has 0 fully saturated rings. The quantitative estimate of drug-likeness (QED) is 0.521. The zero-order chi connectivity index (χ0) is 9.68. The van der Waals surface area contributed by atoms with Gasteiger partial charge in [0.25, 0.3) is 0 Å². The first-order valence-corrected chi connectivity index (χ1v) is 4.90. The van der Waals surface area contributed by atoms with Crippen LogP contribution < -0.4 is 5.43 Å². The van der Waals surface area contributed by atoms with Crippen molar-refractivity contribution >= 4 is 5.71 Å². The van der Waals surface area contributed by atoms with Gasteiger partial charge in [-0.3, -0.25) is 0 Å². The zero-order valence-electron chi connectivity index (χ0n) is 8.67. The minimum absolute atomic E-state index is 0.677. The summed E-state index contributed by atoms with van der Waals surface area (Å²) in [6.07, 6.45) is 8.80. The Bertz CT molecular complexity index is 249. The van der Waals surface area contributed by atoms with Gasteiger partial charge in [0.2, 0.25) is 0 Å². The standard InChI is InChI=1S/C11H18N2/c1-4-11(13-12-3)10-7-5-9(2)6-8-10/h5,7-9,12H,4,6H2,1-3H3/b13-11+. The smallest absolute Gasteiger partial charge is 0.0669 e. The second kappa shape index (κ2) is 4.85. The SMILES string of the molecule is CC/C(=N\NC)C1=CCC(C)C=C1. The van der Waals surface area contributed by atoms with Crippen molar-refractivity contribution in [1.29, 1.82) is 0 Å². The minimum atomic E-state index is 0.677. The number of hydrazone groups is 1. The molecule has 0 saturated heterocycles. The molecule has 2 nitrogen and oxygen atoms in total. The number of rotatable bonds is 3. The van der Waals surface area contributed by atoms with E-state index >= 15 is 0 Å². The number of allylic oxidation sites excluding steroid dienone is 4. The highest BCUT2D eigenvalue weighted by Gasteiger charge is 2.07. The van der Waals surface area contributed by atoms with E-state index in [2.05, 4.69) is 42.6 Å². The van der Waals surface area contributed by atoms with E-state index in [9.17, 15) is 0 Å². The highest BCUT2D eigenvalue weighted by Crippen LogP contribution is 2.17. The minimum Gasteiger partial charge on any atom is -0.313 e. The second-order valence-corrected chi connectivity index (χ2v) is 3.37. The van der Waals surface area contributed by atoms with E-state index in [1.807, 2.05) is 7.05 Å². The Labute approximate surface area is 80.4 Å². The van der Waals surface area contributed by atoms with Crippen molar-refractivity contribution in [2.24, 2.45) is 11.0 Å². The van der Waals surface area contributed by atoms with Crippen LogP contribution in [0.25, 0.3) is 0 Å². The summed E-state index contributed by atoms with van der Waals surface area (Å²) in [4.78, 5) is 0. The fourth-order valence-electron chi connectivity index (χ4n) is 1.42. The molecule has 1 unspecified atom stereocenters. The van der Waals surface area contributed by atoms with Crippen molar-refractivity contribution in [2.75, 3.05) is 7.05 Å². The molecule has 1 rings (SSSR count). The number of nitrogens with one attached hydrogen (secondary N) is 1. The average Bonchev–Trinajstić information content (AvgIpc) is 2.16. The van der Waals surface area contributed by atoms with Crippen LogP contribution in [0, 0.1) is 5.92 Å². The summed E-state index contributed by atoms with van der Waals surface area (Å²) >= 11 is 0. The van der Waals surface area contributed by atoms with Crippen LogP contribution in [0.5, 0.6) is 0 Å². The molecule has 1 aliphatic carbocycles. The summed E-state index contributed by atoms with van der Waals surface area (Å²) in [7, 11) is 1.84. The lowest BCUT2D eigenvalue weighted by Crippen LogP contribution is -2.08. The highest BCUT2D eigenvalue weighted by molar-refractivity contribution is 6.02. The first kappa shape index (κ1) is 10.0. The summed E-state index contributed by atoms with van der Waals surface area (Å²) in [5, 5.41) is 4.24. The fourth-order valence-corrected chi connectivity index (χ4v) is 1.42. The van der Waals surface area contributed by atoms with Crippen LogP contribution in [0.3, 0.4) is 0 Å². The summed E-state index contributed by atoms with van der Waals surface area (Å²) in [5.41, 5.74) is 5.26. The van der Waals surface area contributed by atoms with E-state index in [0.717, 1.165) is 18.6 Å². The lowest BCUT2D eigenvalue weighted by Gasteiger charge is -2.12. The van der Waals surface area contributed by atoms with Crippen LogP contribution in [-0.4, -0.2) is 12.8 Å². The predicted octanol–water partition coefficient (Wildman–Crippen LogP) is 2.49. The van der Waals surface area contributed by atoms with Crippen molar-refractivity contribution in [3.05, 3.63) is 23.8 Å². The lowest BCUT2D eigenvalue weighted by atomic mass is 9.95. The third-order valence-corrected chi connectivity index (χ3v) is 2.23. The molecule has 0 saturated carbocycles. The van der Waals surface area contributed by atoms with Gasteiger partial charge in [0, 0.05) is 7.05 Å². The van der Waals surface area contributed by atoms with Gasteiger partial charge in [0.05, 0.1) is 5.71 Å².